The van der Waals surface area contributed by atoms with E-state index in [1.165, 1.54) is 0 Å². The van der Waals surface area contributed by atoms with Crippen LogP contribution in [0.15, 0.2) is 0 Å². The fourth-order valence-corrected chi connectivity index (χ4v) is 2.07. The Labute approximate surface area is 100 Å². The fraction of sp³-hybridized carbons (Fsp3) is 1.00. The third-order valence-electron chi connectivity index (χ3n) is 3.30. The molecule has 0 aliphatic carbocycles. The van der Waals surface area contributed by atoms with Crippen LogP contribution in [0.2, 0.25) is 0 Å². The Morgan fingerprint density at radius 3 is 2.20 bits per heavy atom. The largest absolute Gasteiger partial charge is 0.310 e. The van der Waals surface area contributed by atoms with E-state index in [9.17, 15) is 0 Å². The molecule has 0 saturated heterocycles. The van der Waals surface area contributed by atoms with Crippen molar-refractivity contribution in [3.8, 4) is 0 Å². The Morgan fingerprint density at radius 2 is 1.80 bits per heavy atom. The van der Waals surface area contributed by atoms with Gasteiger partial charge in [-0.2, -0.15) is 0 Å². The lowest BCUT2D eigenvalue weighted by molar-refractivity contribution is 0.266. The molecule has 0 spiro atoms. The summed E-state index contributed by atoms with van der Waals surface area (Å²) < 4.78 is 0. The van der Waals surface area contributed by atoms with Gasteiger partial charge in [-0.3, -0.25) is 0 Å². The predicted molar refractivity (Wildman–Crippen MR) is 69.8 cm³/mol. The van der Waals surface area contributed by atoms with Crippen molar-refractivity contribution in [2.24, 2.45) is 0 Å². The van der Waals surface area contributed by atoms with E-state index >= 15 is 0 Å². The van der Waals surface area contributed by atoms with Gasteiger partial charge in [-0.25, -0.2) is 0 Å². The molecule has 0 aliphatic rings. The van der Waals surface area contributed by atoms with Crippen molar-refractivity contribution in [2.45, 2.75) is 46.1 Å². The van der Waals surface area contributed by atoms with Gasteiger partial charge >= 0.3 is 0 Å². The van der Waals surface area contributed by atoms with Crippen LogP contribution in [0.4, 0.5) is 0 Å². The maximum atomic E-state index is 5.81. The van der Waals surface area contributed by atoms with Crippen molar-refractivity contribution >= 4 is 11.6 Å². The SMILES string of the molecule is CCN(CC)CCNC(C)(CC)CCCl. The van der Waals surface area contributed by atoms with Crippen molar-refractivity contribution in [1.82, 2.24) is 10.2 Å². The molecule has 0 aromatic carbocycles. The minimum absolute atomic E-state index is 0.217. The van der Waals surface area contributed by atoms with Gasteiger partial charge < -0.3 is 10.2 Å². The normalized spacial score (nSPS) is 15.6. The number of nitrogens with zero attached hydrogens (tertiary/aromatic N) is 1. The second kappa shape index (κ2) is 8.37. The Morgan fingerprint density at radius 1 is 1.20 bits per heavy atom. The van der Waals surface area contributed by atoms with E-state index in [1.807, 2.05) is 0 Å². The number of rotatable bonds is 9. The number of likely N-dealkylation sites (N-methyl/N-ethyl adjacent to an activating group) is 1. The first-order chi connectivity index (χ1) is 7.11. The van der Waals surface area contributed by atoms with E-state index in [4.69, 9.17) is 11.6 Å². The Hall–Kier alpha value is 0.210. The lowest BCUT2D eigenvalue weighted by Crippen LogP contribution is -2.45. The van der Waals surface area contributed by atoms with E-state index in [-0.39, 0.29) is 5.54 Å². The summed E-state index contributed by atoms with van der Waals surface area (Å²) in [6, 6.07) is 0. The van der Waals surface area contributed by atoms with Gasteiger partial charge in [0.1, 0.15) is 0 Å². The van der Waals surface area contributed by atoms with Gasteiger partial charge in [-0.05, 0) is 32.9 Å². The molecule has 0 fully saturated rings. The van der Waals surface area contributed by atoms with Gasteiger partial charge in [0.2, 0.25) is 0 Å². The van der Waals surface area contributed by atoms with E-state index in [0.29, 0.717) is 0 Å². The van der Waals surface area contributed by atoms with Crippen molar-refractivity contribution in [3.05, 3.63) is 0 Å². The summed E-state index contributed by atoms with van der Waals surface area (Å²) in [4.78, 5) is 2.43. The molecular formula is C12H27ClN2. The van der Waals surface area contributed by atoms with Crippen LogP contribution in [-0.4, -0.2) is 42.5 Å². The molecule has 92 valence electrons. The highest BCUT2D eigenvalue weighted by Crippen LogP contribution is 2.14. The number of hydrogen-bond donors (Lipinski definition) is 1. The number of alkyl halides is 1. The summed E-state index contributed by atoms with van der Waals surface area (Å²) in [5.74, 6) is 0.739. The van der Waals surface area contributed by atoms with Gasteiger partial charge in [-0.15, -0.1) is 11.6 Å². The van der Waals surface area contributed by atoms with E-state index in [2.05, 4.69) is 37.9 Å². The van der Waals surface area contributed by atoms with Crippen LogP contribution in [0.25, 0.3) is 0 Å². The fourth-order valence-electron chi connectivity index (χ4n) is 1.65. The molecule has 0 bridgehead atoms. The first kappa shape index (κ1) is 15.2. The number of nitrogens with one attached hydrogen (secondary N) is 1. The molecule has 0 amide bonds. The molecular weight excluding hydrogens is 208 g/mol. The third kappa shape index (κ3) is 6.39. The number of hydrogen-bond acceptors (Lipinski definition) is 2. The van der Waals surface area contributed by atoms with Crippen LogP contribution < -0.4 is 5.32 Å². The first-order valence-corrected chi connectivity index (χ1v) is 6.68. The van der Waals surface area contributed by atoms with Crippen molar-refractivity contribution in [1.29, 1.82) is 0 Å². The maximum Gasteiger partial charge on any atom is 0.0240 e. The molecule has 15 heavy (non-hydrogen) atoms. The highest BCUT2D eigenvalue weighted by Gasteiger charge is 2.19. The van der Waals surface area contributed by atoms with Crippen LogP contribution in [0.1, 0.15) is 40.5 Å². The summed E-state index contributed by atoms with van der Waals surface area (Å²) in [6.45, 7) is 13.4. The average Bonchev–Trinajstić information content (AvgIpc) is 2.25. The zero-order valence-electron chi connectivity index (χ0n) is 10.8. The quantitative estimate of drug-likeness (QED) is 0.618. The van der Waals surface area contributed by atoms with Crippen molar-refractivity contribution in [3.63, 3.8) is 0 Å². The summed E-state index contributed by atoms with van der Waals surface area (Å²) in [5, 5.41) is 3.62. The molecule has 0 rings (SSSR count). The Balaban J connectivity index is 3.80. The second-order valence-electron chi connectivity index (χ2n) is 4.31. The molecule has 0 saturated carbocycles. The van der Waals surface area contributed by atoms with Gasteiger partial charge in [-0.1, -0.05) is 20.8 Å². The minimum Gasteiger partial charge on any atom is -0.310 e. The summed E-state index contributed by atoms with van der Waals surface area (Å²) in [7, 11) is 0. The zero-order chi connectivity index (χ0) is 11.7. The van der Waals surface area contributed by atoms with Crippen LogP contribution in [0.3, 0.4) is 0 Å². The van der Waals surface area contributed by atoms with E-state index in [1.54, 1.807) is 0 Å². The molecule has 0 aliphatic heterocycles. The minimum atomic E-state index is 0.217. The molecule has 0 aromatic heterocycles. The van der Waals surface area contributed by atoms with Crippen molar-refractivity contribution < 1.29 is 0 Å². The second-order valence-corrected chi connectivity index (χ2v) is 4.68. The predicted octanol–water partition coefficient (Wildman–Crippen LogP) is 2.72. The van der Waals surface area contributed by atoms with E-state index < -0.39 is 0 Å². The molecule has 3 heteroatoms. The standard InChI is InChI=1S/C12H27ClN2/c1-5-12(4,8-9-13)14-10-11-15(6-2)7-3/h14H,5-11H2,1-4H3. The third-order valence-corrected chi connectivity index (χ3v) is 3.49. The smallest absolute Gasteiger partial charge is 0.0240 e. The molecule has 0 aromatic rings. The average molecular weight is 235 g/mol. The van der Waals surface area contributed by atoms with Gasteiger partial charge in [0.25, 0.3) is 0 Å². The van der Waals surface area contributed by atoms with Gasteiger partial charge in [0.05, 0.1) is 0 Å². The summed E-state index contributed by atoms with van der Waals surface area (Å²) in [5.41, 5.74) is 0.217. The van der Waals surface area contributed by atoms with Crippen LogP contribution in [0, 0.1) is 0 Å². The highest BCUT2D eigenvalue weighted by molar-refractivity contribution is 6.17. The first-order valence-electron chi connectivity index (χ1n) is 6.15. The molecule has 0 radical (unpaired) electrons. The number of halogens is 1. The lowest BCUT2D eigenvalue weighted by Gasteiger charge is -2.30. The topological polar surface area (TPSA) is 15.3 Å². The van der Waals surface area contributed by atoms with Crippen LogP contribution in [0.5, 0.6) is 0 Å². The van der Waals surface area contributed by atoms with E-state index in [0.717, 1.165) is 44.9 Å². The van der Waals surface area contributed by atoms with Crippen LogP contribution >= 0.6 is 11.6 Å². The molecule has 2 nitrogen and oxygen atoms in total. The molecule has 0 heterocycles. The molecule has 1 N–H and O–H groups in total. The molecule has 1 unspecified atom stereocenters. The molecule has 1 atom stereocenters. The zero-order valence-corrected chi connectivity index (χ0v) is 11.5. The lowest BCUT2D eigenvalue weighted by atomic mass is 9.95. The van der Waals surface area contributed by atoms with Gasteiger partial charge in [0, 0.05) is 24.5 Å². The summed E-state index contributed by atoms with van der Waals surface area (Å²) >= 11 is 5.81. The Kier molecular flexibility index (Phi) is 8.49. The maximum absolute atomic E-state index is 5.81. The van der Waals surface area contributed by atoms with Crippen molar-refractivity contribution in [2.75, 3.05) is 32.1 Å². The van der Waals surface area contributed by atoms with Crippen LogP contribution in [-0.2, 0) is 0 Å². The Bertz CT molecular complexity index is 149. The monoisotopic (exact) mass is 234 g/mol. The van der Waals surface area contributed by atoms with Gasteiger partial charge in [0.15, 0.2) is 0 Å². The summed E-state index contributed by atoms with van der Waals surface area (Å²) in [6.07, 6.45) is 2.18. The highest BCUT2D eigenvalue weighted by atomic mass is 35.5.